The van der Waals surface area contributed by atoms with Crippen LogP contribution in [0.4, 0.5) is 0 Å². The summed E-state index contributed by atoms with van der Waals surface area (Å²) in [5, 5.41) is 18.6. The number of ether oxygens (including phenoxy) is 1. The lowest BCUT2D eigenvalue weighted by Crippen LogP contribution is -2.29. The highest BCUT2D eigenvalue weighted by atomic mass is 16.5. The van der Waals surface area contributed by atoms with E-state index in [0.29, 0.717) is 5.69 Å². The van der Waals surface area contributed by atoms with Gasteiger partial charge in [-0.25, -0.2) is 9.78 Å². The SMILES string of the molecule is CC(O)C(C)OC(C(=O)O)c1cncn1C(C)C. The predicted octanol–water partition coefficient (Wildman–Crippen LogP) is 1.38. The number of carboxylic acids is 1. The van der Waals surface area contributed by atoms with Gasteiger partial charge in [0.05, 0.1) is 30.4 Å². The molecule has 1 aromatic heterocycles. The highest BCUT2D eigenvalue weighted by molar-refractivity contribution is 5.73. The van der Waals surface area contributed by atoms with Crippen molar-refractivity contribution in [2.45, 2.75) is 52.0 Å². The molecule has 3 atom stereocenters. The Hall–Kier alpha value is -1.40. The largest absolute Gasteiger partial charge is 0.479 e. The Morgan fingerprint density at radius 3 is 2.44 bits per heavy atom. The van der Waals surface area contributed by atoms with Crippen molar-refractivity contribution in [2.75, 3.05) is 0 Å². The van der Waals surface area contributed by atoms with Crippen LogP contribution in [-0.2, 0) is 9.53 Å². The Morgan fingerprint density at radius 1 is 1.39 bits per heavy atom. The number of aliphatic carboxylic acids is 1. The van der Waals surface area contributed by atoms with Crippen molar-refractivity contribution in [1.82, 2.24) is 9.55 Å². The van der Waals surface area contributed by atoms with E-state index < -0.39 is 24.3 Å². The number of aliphatic hydroxyl groups is 1. The number of rotatable bonds is 6. The standard InChI is InChI=1S/C12H20N2O4/c1-7(2)14-6-13-5-10(14)11(12(16)17)18-9(4)8(3)15/h5-9,11,15H,1-4H3,(H,16,17). The first-order valence-corrected chi connectivity index (χ1v) is 5.92. The second kappa shape index (κ2) is 5.97. The molecule has 3 unspecified atom stereocenters. The highest BCUT2D eigenvalue weighted by Crippen LogP contribution is 2.23. The summed E-state index contributed by atoms with van der Waals surface area (Å²) in [7, 11) is 0. The van der Waals surface area contributed by atoms with Crippen molar-refractivity contribution in [1.29, 1.82) is 0 Å². The van der Waals surface area contributed by atoms with Gasteiger partial charge in [0.15, 0.2) is 6.10 Å². The number of hydrogen-bond acceptors (Lipinski definition) is 4. The van der Waals surface area contributed by atoms with E-state index in [9.17, 15) is 15.0 Å². The van der Waals surface area contributed by atoms with Crippen LogP contribution in [0.2, 0.25) is 0 Å². The van der Waals surface area contributed by atoms with Crippen LogP contribution >= 0.6 is 0 Å². The van der Waals surface area contributed by atoms with Crippen molar-refractivity contribution >= 4 is 5.97 Å². The third-order valence-corrected chi connectivity index (χ3v) is 2.78. The fraction of sp³-hybridized carbons (Fsp3) is 0.667. The molecule has 0 spiro atoms. The number of hydrogen-bond donors (Lipinski definition) is 2. The molecule has 0 saturated carbocycles. The Balaban J connectivity index is 2.98. The first kappa shape index (κ1) is 14.7. The first-order chi connectivity index (χ1) is 8.34. The maximum atomic E-state index is 11.3. The molecule has 1 heterocycles. The zero-order chi connectivity index (χ0) is 13.9. The van der Waals surface area contributed by atoms with Crippen molar-refractivity contribution in [3.8, 4) is 0 Å². The van der Waals surface area contributed by atoms with E-state index in [1.165, 1.54) is 6.20 Å². The molecule has 18 heavy (non-hydrogen) atoms. The van der Waals surface area contributed by atoms with Crippen LogP contribution in [0.5, 0.6) is 0 Å². The molecule has 1 rings (SSSR count). The molecule has 1 aromatic rings. The third-order valence-electron chi connectivity index (χ3n) is 2.78. The number of carboxylic acid groups (broad SMARTS) is 1. The molecule has 0 saturated heterocycles. The molecular formula is C12H20N2O4. The summed E-state index contributed by atoms with van der Waals surface area (Å²) in [6.07, 6.45) is 0.628. The van der Waals surface area contributed by atoms with Crippen molar-refractivity contribution in [2.24, 2.45) is 0 Å². The van der Waals surface area contributed by atoms with Gasteiger partial charge in [-0.2, -0.15) is 0 Å². The van der Waals surface area contributed by atoms with E-state index in [2.05, 4.69) is 4.98 Å². The van der Waals surface area contributed by atoms with Crippen LogP contribution in [0.25, 0.3) is 0 Å². The van der Waals surface area contributed by atoms with Crippen molar-refractivity contribution in [3.63, 3.8) is 0 Å². The summed E-state index contributed by atoms with van der Waals surface area (Å²) < 4.78 is 7.14. The first-order valence-electron chi connectivity index (χ1n) is 5.92. The molecule has 0 fully saturated rings. The normalized spacial score (nSPS) is 16.6. The Bertz CT molecular complexity index is 401. The average molecular weight is 256 g/mol. The maximum Gasteiger partial charge on any atom is 0.339 e. The molecule has 0 aliphatic heterocycles. The summed E-state index contributed by atoms with van der Waals surface area (Å²) in [5.41, 5.74) is 0.477. The fourth-order valence-electron chi connectivity index (χ4n) is 1.53. The number of imidazole rings is 1. The van der Waals surface area contributed by atoms with Crippen LogP contribution < -0.4 is 0 Å². The van der Waals surface area contributed by atoms with Crippen LogP contribution in [0.1, 0.15) is 45.5 Å². The van der Waals surface area contributed by atoms with Gasteiger partial charge in [0.1, 0.15) is 0 Å². The second-order valence-electron chi connectivity index (χ2n) is 4.62. The minimum Gasteiger partial charge on any atom is -0.479 e. The van der Waals surface area contributed by atoms with Gasteiger partial charge in [0.25, 0.3) is 0 Å². The smallest absolute Gasteiger partial charge is 0.339 e. The van der Waals surface area contributed by atoms with Crippen LogP contribution in [0.15, 0.2) is 12.5 Å². The van der Waals surface area contributed by atoms with Gasteiger partial charge < -0.3 is 19.5 Å². The molecule has 0 aliphatic carbocycles. The van der Waals surface area contributed by atoms with E-state index >= 15 is 0 Å². The number of aromatic nitrogens is 2. The van der Waals surface area contributed by atoms with E-state index in [1.54, 1.807) is 24.7 Å². The Kier molecular flexibility index (Phi) is 4.86. The third kappa shape index (κ3) is 3.30. The van der Waals surface area contributed by atoms with Gasteiger partial charge in [-0.3, -0.25) is 0 Å². The Morgan fingerprint density at radius 2 is 2.00 bits per heavy atom. The molecule has 0 aromatic carbocycles. The van der Waals surface area contributed by atoms with Crippen LogP contribution in [0, 0.1) is 0 Å². The molecule has 0 radical (unpaired) electrons. The lowest BCUT2D eigenvalue weighted by molar-refractivity contribution is -0.159. The van der Waals surface area contributed by atoms with Crippen LogP contribution in [0.3, 0.4) is 0 Å². The summed E-state index contributed by atoms with van der Waals surface area (Å²) in [5.74, 6) is -1.09. The van der Waals surface area contributed by atoms with E-state index in [4.69, 9.17) is 4.74 Å². The zero-order valence-corrected chi connectivity index (χ0v) is 11.1. The van der Waals surface area contributed by atoms with E-state index in [0.717, 1.165) is 0 Å². The summed E-state index contributed by atoms with van der Waals surface area (Å²) in [6.45, 7) is 7.06. The molecule has 0 bridgehead atoms. The minimum atomic E-state index is -1.13. The number of aliphatic hydroxyl groups excluding tert-OH is 1. The lowest BCUT2D eigenvalue weighted by atomic mass is 10.2. The van der Waals surface area contributed by atoms with E-state index in [-0.39, 0.29) is 6.04 Å². The van der Waals surface area contributed by atoms with Gasteiger partial charge in [-0.1, -0.05) is 0 Å². The highest BCUT2D eigenvalue weighted by Gasteiger charge is 2.28. The lowest BCUT2D eigenvalue weighted by Gasteiger charge is -2.23. The molecule has 6 heteroatoms. The van der Waals surface area contributed by atoms with Gasteiger partial charge in [-0.05, 0) is 27.7 Å². The fourth-order valence-corrected chi connectivity index (χ4v) is 1.53. The van der Waals surface area contributed by atoms with Crippen molar-refractivity contribution in [3.05, 3.63) is 18.2 Å². The summed E-state index contributed by atoms with van der Waals surface area (Å²) in [6, 6.07) is 0.0924. The molecular weight excluding hydrogens is 236 g/mol. The van der Waals surface area contributed by atoms with Gasteiger partial charge in [0, 0.05) is 6.04 Å². The molecule has 0 amide bonds. The quantitative estimate of drug-likeness (QED) is 0.803. The maximum absolute atomic E-state index is 11.3. The number of nitrogens with zero attached hydrogens (tertiary/aromatic N) is 2. The topological polar surface area (TPSA) is 84.6 Å². The number of carbonyl (C=O) groups is 1. The summed E-state index contributed by atoms with van der Waals surface area (Å²) >= 11 is 0. The molecule has 6 nitrogen and oxygen atoms in total. The zero-order valence-electron chi connectivity index (χ0n) is 11.1. The summed E-state index contributed by atoms with van der Waals surface area (Å²) in [4.78, 5) is 15.2. The minimum absolute atomic E-state index is 0.0924. The predicted molar refractivity (Wildman–Crippen MR) is 65.2 cm³/mol. The van der Waals surface area contributed by atoms with Gasteiger partial charge in [-0.15, -0.1) is 0 Å². The van der Waals surface area contributed by atoms with Crippen LogP contribution in [-0.4, -0.2) is 37.9 Å². The monoisotopic (exact) mass is 256 g/mol. The molecule has 0 aliphatic rings. The second-order valence-corrected chi connectivity index (χ2v) is 4.62. The molecule has 2 N–H and O–H groups in total. The Labute approximate surface area is 106 Å². The van der Waals surface area contributed by atoms with Gasteiger partial charge in [0.2, 0.25) is 0 Å². The average Bonchev–Trinajstić information content (AvgIpc) is 2.73. The van der Waals surface area contributed by atoms with E-state index in [1.807, 2.05) is 13.8 Å². The van der Waals surface area contributed by atoms with Gasteiger partial charge >= 0.3 is 5.97 Å². The molecule has 102 valence electrons. The van der Waals surface area contributed by atoms with Crippen molar-refractivity contribution < 1.29 is 19.7 Å².